The van der Waals surface area contributed by atoms with Gasteiger partial charge in [0.2, 0.25) is 0 Å². The lowest BCUT2D eigenvalue weighted by Crippen LogP contribution is -2.30. The number of benzene rings is 3. The van der Waals surface area contributed by atoms with Crippen molar-refractivity contribution in [1.82, 2.24) is 0 Å². The topological polar surface area (TPSA) is 38.8 Å². The van der Waals surface area contributed by atoms with E-state index in [-0.39, 0.29) is 18.3 Å². The van der Waals surface area contributed by atoms with E-state index in [0.717, 1.165) is 16.8 Å². The summed E-state index contributed by atoms with van der Waals surface area (Å²) in [5.41, 5.74) is 3.82. The maximum atomic E-state index is 13.5. The van der Waals surface area contributed by atoms with Crippen LogP contribution >= 0.6 is 11.6 Å². The van der Waals surface area contributed by atoms with Gasteiger partial charge < -0.3 is 14.4 Å². The first-order valence-electron chi connectivity index (χ1n) is 10.7. The van der Waals surface area contributed by atoms with E-state index in [2.05, 4.69) is 13.8 Å². The Morgan fingerprint density at radius 2 is 1.88 bits per heavy atom. The van der Waals surface area contributed by atoms with E-state index in [0.29, 0.717) is 40.1 Å². The highest BCUT2D eigenvalue weighted by Gasteiger charge is 2.32. The smallest absolute Gasteiger partial charge is 0.259 e. The molecule has 0 N–H and O–H groups in total. The van der Waals surface area contributed by atoms with Gasteiger partial charge in [-0.3, -0.25) is 4.79 Å². The van der Waals surface area contributed by atoms with E-state index in [4.69, 9.17) is 21.1 Å². The summed E-state index contributed by atoms with van der Waals surface area (Å²) < 4.78 is 24.8. The molecule has 0 radical (unpaired) electrons. The maximum absolute atomic E-state index is 13.5. The van der Waals surface area contributed by atoms with Gasteiger partial charge in [0.25, 0.3) is 5.91 Å². The molecular weight excluding hydrogens is 441 g/mol. The molecule has 6 heteroatoms. The molecule has 0 spiro atoms. The van der Waals surface area contributed by atoms with Crippen molar-refractivity contribution >= 4 is 34.8 Å². The summed E-state index contributed by atoms with van der Waals surface area (Å²) >= 11 is 6.53. The summed E-state index contributed by atoms with van der Waals surface area (Å²) in [4.78, 5) is 15.1. The highest BCUT2D eigenvalue weighted by molar-refractivity contribution is 6.36. The molecule has 0 aliphatic carbocycles. The highest BCUT2D eigenvalue weighted by Crippen LogP contribution is 2.41. The van der Waals surface area contributed by atoms with Crippen LogP contribution in [0.5, 0.6) is 11.5 Å². The van der Waals surface area contributed by atoms with Crippen LogP contribution in [0, 0.1) is 11.7 Å². The number of hydrogen-bond acceptors (Lipinski definition) is 3. The van der Waals surface area contributed by atoms with E-state index in [1.54, 1.807) is 24.3 Å². The molecule has 0 saturated carbocycles. The first-order chi connectivity index (χ1) is 15.9. The molecule has 0 atom stereocenters. The first kappa shape index (κ1) is 22.9. The second-order valence-electron chi connectivity index (χ2n) is 8.34. The number of rotatable bonds is 7. The van der Waals surface area contributed by atoms with Crippen LogP contribution in [0.1, 0.15) is 30.5 Å². The van der Waals surface area contributed by atoms with Crippen LogP contribution in [-0.4, -0.2) is 19.6 Å². The van der Waals surface area contributed by atoms with Crippen molar-refractivity contribution < 1.29 is 18.7 Å². The predicted octanol–water partition coefficient (Wildman–Crippen LogP) is 6.61. The zero-order valence-corrected chi connectivity index (χ0v) is 19.5. The third-order valence-electron chi connectivity index (χ3n) is 5.34. The van der Waals surface area contributed by atoms with Crippen molar-refractivity contribution in [3.8, 4) is 11.5 Å². The zero-order chi connectivity index (χ0) is 23.5. The molecule has 0 bridgehead atoms. The summed E-state index contributed by atoms with van der Waals surface area (Å²) in [6, 6.07) is 17.5. The van der Waals surface area contributed by atoms with E-state index in [1.807, 2.05) is 35.2 Å². The monoisotopic (exact) mass is 465 g/mol. The summed E-state index contributed by atoms with van der Waals surface area (Å²) in [5.74, 6) is 0.773. The molecule has 0 aromatic heterocycles. The molecule has 4 rings (SSSR count). The molecule has 1 aliphatic heterocycles. The number of halogens is 2. The Labute approximate surface area is 198 Å². The largest absolute Gasteiger partial charge is 0.493 e. The second kappa shape index (κ2) is 9.67. The Kier molecular flexibility index (Phi) is 6.70. The summed E-state index contributed by atoms with van der Waals surface area (Å²) in [5, 5.41) is 0.343. The van der Waals surface area contributed by atoms with Crippen LogP contribution in [0.15, 0.2) is 60.7 Å². The fraction of sp³-hybridized carbons (Fsp3) is 0.222. The van der Waals surface area contributed by atoms with Gasteiger partial charge in [0.15, 0.2) is 11.5 Å². The van der Waals surface area contributed by atoms with Crippen molar-refractivity contribution in [3.63, 3.8) is 0 Å². The van der Waals surface area contributed by atoms with Gasteiger partial charge in [-0.1, -0.05) is 55.8 Å². The average molecular weight is 466 g/mol. The Hall–Kier alpha value is -3.31. The van der Waals surface area contributed by atoms with Crippen molar-refractivity contribution in [2.45, 2.75) is 20.5 Å². The third kappa shape index (κ3) is 4.88. The maximum Gasteiger partial charge on any atom is 0.259 e. The molecule has 33 heavy (non-hydrogen) atoms. The van der Waals surface area contributed by atoms with E-state index in [1.165, 1.54) is 19.2 Å². The molecule has 170 valence electrons. The number of nitrogens with zero attached hydrogens (tertiary/aromatic N) is 1. The van der Waals surface area contributed by atoms with Crippen LogP contribution in [0.4, 0.5) is 10.1 Å². The number of hydrogen-bond donors (Lipinski definition) is 0. The van der Waals surface area contributed by atoms with Crippen LogP contribution < -0.4 is 14.4 Å². The normalized spacial score (nSPS) is 14.2. The fourth-order valence-corrected chi connectivity index (χ4v) is 4.18. The molecule has 1 aliphatic rings. The van der Waals surface area contributed by atoms with Crippen LogP contribution in [0.25, 0.3) is 11.6 Å². The third-order valence-corrected chi connectivity index (χ3v) is 5.62. The Morgan fingerprint density at radius 3 is 2.61 bits per heavy atom. The molecule has 0 saturated heterocycles. The van der Waals surface area contributed by atoms with Gasteiger partial charge in [-0.25, -0.2) is 4.39 Å². The number of carbonyl (C=O) groups excluding carboxylic acids is 1. The molecule has 3 aromatic rings. The number of methoxy groups -OCH3 is 1. The number of anilines is 1. The molecular formula is C27H25ClFNO3. The van der Waals surface area contributed by atoms with Crippen molar-refractivity contribution in [1.29, 1.82) is 0 Å². The highest BCUT2D eigenvalue weighted by atomic mass is 35.5. The summed E-state index contributed by atoms with van der Waals surface area (Å²) in [7, 11) is 1.53. The van der Waals surface area contributed by atoms with Gasteiger partial charge in [0.1, 0.15) is 12.4 Å². The van der Waals surface area contributed by atoms with Gasteiger partial charge in [-0.15, -0.1) is 0 Å². The van der Waals surface area contributed by atoms with Crippen molar-refractivity contribution in [2.75, 3.05) is 18.6 Å². The Morgan fingerprint density at radius 1 is 1.09 bits per heavy atom. The van der Waals surface area contributed by atoms with Gasteiger partial charge in [0.05, 0.1) is 17.8 Å². The standard InChI is InChI=1S/C27H25ClFNO3/c1-17(2)15-30-24-10-5-4-9-21(24)22(27(30)31)12-19-13-23(28)26(25(14-19)32-3)33-16-18-7-6-8-20(29)11-18/h4-14,17H,15-16H2,1-3H3/b22-12-. The molecule has 1 heterocycles. The molecule has 0 unspecified atom stereocenters. The van der Waals surface area contributed by atoms with Crippen LogP contribution in [0.3, 0.4) is 0 Å². The number of fused-ring (bicyclic) bond motifs is 1. The lowest BCUT2D eigenvalue weighted by Gasteiger charge is -2.19. The van der Waals surface area contributed by atoms with Crippen LogP contribution in [-0.2, 0) is 11.4 Å². The summed E-state index contributed by atoms with van der Waals surface area (Å²) in [6.07, 6.45) is 1.83. The molecule has 0 fully saturated rings. The van der Waals surface area contributed by atoms with E-state index < -0.39 is 0 Å². The Bertz CT molecular complexity index is 1220. The van der Waals surface area contributed by atoms with E-state index in [9.17, 15) is 9.18 Å². The Balaban J connectivity index is 1.66. The minimum atomic E-state index is -0.329. The van der Waals surface area contributed by atoms with Crippen molar-refractivity contribution in [3.05, 3.63) is 88.2 Å². The lowest BCUT2D eigenvalue weighted by molar-refractivity contribution is -0.113. The lowest BCUT2D eigenvalue weighted by atomic mass is 10.0. The SMILES string of the molecule is COc1cc(/C=C2\C(=O)N(CC(C)C)c3ccccc32)cc(Cl)c1OCc1cccc(F)c1. The minimum Gasteiger partial charge on any atom is -0.493 e. The number of para-hydroxylation sites is 1. The van der Waals surface area contributed by atoms with Gasteiger partial charge in [-0.2, -0.15) is 0 Å². The van der Waals surface area contributed by atoms with E-state index >= 15 is 0 Å². The molecule has 3 aromatic carbocycles. The molecule has 1 amide bonds. The quantitative estimate of drug-likeness (QED) is 0.368. The van der Waals surface area contributed by atoms with Gasteiger partial charge in [-0.05, 0) is 53.5 Å². The second-order valence-corrected chi connectivity index (χ2v) is 8.74. The first-order valence-corrected chi connectivity index (χ1v) is 11.1. The average Bonchev–Trinajstić information content (AvgIpc) is 3.03. The number of ether oxygens (including phenoxy) is 2. The van der Waals surface area contributed by atoms with Crippen LogP contribution in [0.2, 0.25) is 5.02 Å². The van der Waals surface area contributed by atoms with Gasteiger partial charge in [0, 0.05) is 17.7 Å². The number of amides is 1. The molecule has 4 nitrogen and oxygen atoms in total. The summed E-state index contributed by atoms with van der Waals surface area (Å²) in [6.45, 7) is 4.96. The zero-order valence-electron chi connectivity index (χ0n) is 18.8. The number of carbonyl (C=O) groups is 1. The predicted molar refractivity (Wildman–Crippen MR) is 130 cm³/mol. The minimum absolute atomic E-state index is 0.0357. The van der Waals surface area contributed by atoms with Crippen molar-refractivity contribution in [2.24, 2.45) is 5.92 Å². The van der Waals surface area contributed by atoms with Gasteiger partial charge >= 0.3 is 0 Å². The fourth-order valence-electron chi connectivity index (χ4n) is 3.90.